The standard InChI is InChI=1S/C6H8N2OS2/c1-4(9)3-10-6-7-5(2)8-11-6/h3H2,1-2H3. The molecule has 0 aliphatic heterocycles. The van der Waals surface area contributed by atoms with Gasteiger partial charge in [-0.2, -0.15) is 4.37 Å². The Bertz CT molecular complexity index is 259. The fourth-order valence-electron chi connectivity index (χ4n) is 0.500. The number of carbonyl (C=O) groups is 1. The Morgan fingerprint density at radius 2 is 2.45 bits per heavy atom. The number of Topliss-reactive ketones (excluding diaryl/α,β-unsaturated/α-hetero) is 1. The third kappa shape index (κ3) is 2.98. The molecule has 0 unspecified atom stereocenters. The van der Waals surface area contributed by atoms with E-state index in [4.69, 9.17) is 0 Å². The molecule has 3 nitrogen and oxygen atoms in total. The van der Waals surface area contributed by atoms with Crippen LogP contribution in [-0.4, -0.2) is 20.9 Å². The highest BCUT2D eigenvalue weighted by molar-refractivity contribution is 8.01. The average Bonchev–Trinajstić information content (AvgIpc) is 2.31. The second-order valence-electron chi connectivity index (χ2n) is 2.10. The molecule has 60 valence electrons. The molecule has 0 spiro atoms. The third-order valence-corrected chi connectivity index (χ3v) is 2.98. The van der Waals surface area contributed by atoms with E-state index in [0.29, 0.717) is 5.75 Å². The van der Waals surface area contributed by atoms with Crippen molar-refractivity contribution in [2.75, 3.05) is 5.75 Å². The summed E-state index contributed by atoms with van der Waals surface area (Å²) in [7, 11) is 0. The van der Waals surface area contributed by atoms with Gasteiger partial charge in [0.25, 0.3) is 0 Å². The first kappa shape index (κ1) is 8.67. The molecule has 0 fully saturated rings. The fraction of sp³-hybridized carbons (Fsp3) is 0.500. The van der Waals surface area contributed by atoms with Crippen LogP contribution in [0.4, 0.5) is 0 Å². The van der Waals surface area contributed by atoms with Gasteiger partial charge < -0.3 is 0 Å². The number of hydrogen-bond donors (Lipinski definition) is 0. The van der Waals surface area contributed by atoms with E-state index in [1.807, 2.05) is 6.92 Å². The number of rotatable bonds is 3. The van der Waals surface area contributed by atoms with Crippen LogP contribution < -0.4 is 0 Å². The van der Waals surface area contributed by atoms with Gasteiger partial charge in [0.15, 0.2) is 4.34 Å². The first-order chi connectivity index (χ1) is 5.18. The molecule has 11 heavy (non-hydrogen) atoms. The predicted octanol–water partition coefficient (Wildman–Crippen LogP) is 1.53. The van der Waals surface area contributed by atoms with E-state index in [-0.39, 0.29) is 5.78 Å². The van der Waals surface area contributed by atoms with Gasteiger partial charge in [-0.25, -0.2) is 4.98 Å². The van der Waals surface area contributed by atoms with Crippen LogP contribution in [0.3, 0.4) is 0 Å². The number of carbonyl (C=O) groups excluding carboxylic acids is 1. The lowest BCUT2D eigenvalue weighted by atomic mass is 10.5. The fourth-order valence-corrected chi connectivity index (χ4v) is 1.95. The van der Waals surface area contributed by atoms with Crippen LogP contribution in [0.2, 0.25) is 0 Å². The minimum Gasteiger partial charge on any atom is -0.299 e. The van der Waals surface area contributed by atoms with E-state index in [1.54, 1.807) is 6.92 Å². The number of aromatic nitrogens is 2. The zero-order chi connectivity index (χ0) is 8.27. The monoisotopic (exact) mass is 188 g/mol. The smallest absolute Gasteiger partial charge is 0.170 e. The van der Waals surface area contributed by atoms with E-state index >= 15 is 0 Å². The zero-order valence-corrected chi connectivity index (χ0v) is 7.96. The number of aryl methyl sites for hydroxylation is 1. The quantitative estimate of drug-likeness (QED) is 0.675. The molecule has 0 saturated carbocycles. The Hall–Kier alpha value is -0.420. The highest BCUT2D eigenvalue weighted by Gasteiger charge is 2.01. The molecule has 0 aliphatic carbocycles. The second kappa shape index (κ2) is 3.82. The lowest BCUT2D eigenvalue weighted by Crippen LogP contribution is -1.92. The van der Waals surface area contributed by atoms with Crippen molar-refractivity contribution < 1.29 is 4.79 Å². The highest BCUT2D eigenvalue weighted by Crippen LogP contribution is 2.19. The largest absolute Gasteiger partial charge is 0.299 e. The van der Waals surface area contributed by atoms with Gasteiger partial charge >= 0.3 is 0 Å². The van der Waals surface area contributed by atoms with Crippen molar-refractivity contribution in [3.63, 3.8) is 0 Å². The Kier molecular flexibility index (Phi) is 3.02. The summed E-state index contributed by atoms with van der Waals surface area (Å²) in [4.78, 5) is 14.7. The molecule has 0 aliphatic rings. The Labute approximate surface area is 73.4 Å². The molecule has 0 aromatic carbocycles. The molecule has 0 amide bonds. The SMILES string of the molecule is CC(=O)CSc1nc(C)ns1. The van der Waals surface area contributed by atoms with E-state index in [1.165, 1.54) is 23.3 Å². The van der Waals surface area contributed by atoms with E-state index in [0.717, 1.165) is 10.2 Å². The number of nitrogens with zero attached hydrogens (tertiary/aromatic N) is 2. The summed E-state index contributed by atoms with van der Waals surface area (Å²) in [6.45, 7) is 3.41. The Morgan fingerprint density at radius 3 is 2.91 bits per heavy atom. The first-order valence-corrected chi connectivity index (χ1v) is 4.87. The van der Waals surface area contributed by atoms with Crippen molar-refractivity contribution in [3.8, 4) is 0 Å². The van der Waals surface area contributed by atoms with Gasteiger partial charge in [0.1, 0.15) is 11.6 Å². The van der Waals surface area contributed by atoms with Gasteiger partial charge in [-0.15, -0.1) is 0 Å². The molecule has 1 heterocycles. The summed E-state index contributed by atoms with van der Waals surface area (Å²) in [6, 6.07) is 0. The number of thioether (sulfide) groups is 1. The zero-order valence-electron chi connectivity index (χ0n) is 6.33. The lowest BCUT2D eigenvalue weighted by molar-refractivity contribution is -0.114. The van der Waals surface area contributed by atoms with Crippen molar-refractivity contribution in [2.24, 2.45) is 0 Å². The summed E-state index contributed by atoms with van der Waals surface area (Å²) in [5, 5.41) is 0. The highest BCUT2D eigenvalue weighted by atomic mass is 32.2. The lowest BCUT2D eigenvalue weighted by Gasteiger charge is -1.88. The van der Waals surface area contributed by atoms with Gasteiger partial charge in [-0.1, -0.05) is 11.8 Å². The number of ketones is 1. The summed E-state index contributed by atoms with van der Waals surface area (Å²) in [6.07, 6.45) is 0. The summed E-state index contributed by atoms with van der Waals surface area (Å²) >= 11 is 2.79. The maximum Gasteiger partial charge on any atom is 0.170 e. The average molecular weight is 188 g/mol. The number of hydrogen-bond acceptors (Lipinski definition) is 5. The molecule has 0 saturated heterocycles. The second-order valence-corrected chi connectivity index (χ2v) is 4.07. The van der Waals surface area contributed by atoms with Crippen molar-refractivity contribution in [1.29, 1.82) is 0 Å². The topological polar surface area (TPSA) is 42.9 Å². The van der Waals surface area contributed by atoms with E-state index in [9.17, 15) is 4.79 Å². The minimum absolute atomic E-state index is 0.169. The van der Waals surface area contributed by atoms with Gasteiger partial charge in [0, 0.05) is 0 Å². The Balaban J connectivity index is 2.45. The third-order valence-electron chi connectivity index (χ3n) is 0.908. The molecule has 1 aromatic heterocycles. The maximum atomic E-state index is 10.6. The van der Waals surface area contributed by atoms with Crippen LogP contribution in [0, 0.1) is 6.92 Å². The van der Waals surface area contributed by atoms with E-state index < -0.39 is 0 Å². The van der Waals surface area contributed by atoms with Gasteiger partial charge in [-0.05, 0) is 25.4 Å². The maximum absolute atomic E-state index is 10.6. The molecular weight excluding hydrogens is 180 g/mol. The van der Waals surface area contributed by atoms with Crippen LogP contribution in [0.1, 0.15) is 12.7 Å². The molecule has 5 heteroatoms. The van der Waals surface area contributed by atoms with Crippen LogP contribution in [0.15, 0.2) is 4.34 Å². The van der Waals surface area contributed by atoms with Crippen LogP contribution in [-0.2, 0) is 4.79 Å². The van der Waals surface area contributed by atoms with Crippen molar-refractivity contribution in [2.45, 2.75) is 18.2 Å². The summed E-state index contributed by atoms with van der Waals surface area (Å²) in [5.74, 6) is 1.44. The van der Waals surface area contributed by atoms with Gasteiger partial charge in [-0.3, -0.25) is 4.79 Å². The van der Waals surface area contributed by atoms with Gasteiger partial charge in [0.2, 0.25) is 0 Å². The molecule has 1 aromatic rings. The van der Waals surface area contributed by atoms with E-state index in [2.05, 4.69) is 9.36 Å². The van der Waals surface area contributed by atoms with Crippen LogP contribution in [0.5, 0.6) is 0 Å². The molecule has 0 bridgehead atoms. The Morgan fingerprint density at radius 1 is 1.73 bits per heavy atom. The minimum atomic E-state index is 0.169. The molecule has 1 rings (SSSR count). The summed E-state index contributed by atoms with van der Waals surface area (Å²) < 4.78 is 4.87. The summed E-state index contributed by atoms with van der Waals surface area (Å²) in [5.41, 5.74) is 0. The van der Waals surface area contributed by atoms with Crippen LogP contribution in [0.25, 0.3) is 0 Å². The first-order valence-electron chi connectivity index (χ1n) is 3.11. The van der Waals surface area contributed by atoms with Crippen molar-refractivity contribution in [3.05, 3.63) is 5.82 Å². The molecular formula is C6H8N2OS2. The predicted molar refractivity (Wildman–Crippen MR) is 46.1 cm³/mol. The van der Waals surface area contributed by atoms with Crippen LogP contribution >= 0.6 is 23.3 Å². The molecule has 0 N–H and O–H groups in total. The molecule has 0 radical (unpaired) electrons. The normalized spacial score (nSPS) is 10.0. The molecule has 0 atom stereocenters. The van der Waals surface area contributed by atoms with Crippen molar-refractivity contribution in [1.82, 2.24) is 9.36 Å². The van der Waals surface area contributed by atoms with Crippen molar-refractivity contribution >= 4 is 29.1 Å². The van der Waals surface area contributed by atoms with Gasteiger partial charge in [0.05, 0.1) is 5.75 Å².